The number of benzene rings is 1. The molecule has 1 saturated heterocycles. The highest BCUT2D eigenvalue weighted by molar-refractivity contribution is 9.10. The molecule has 0 aliphatic carbocycles. The van der Waals surface area contributed by atoms with Gasteiger partial charge in [0, 0.05) is 25.2 Å². The molecule has 1 aliphatic heterocycles. The number of sulfonamides is 1. The number of carbonyl (C=O) groups is 1. The lowest BCUT2D eigenvalue weighted by Gasteiger charge is -2.22. The van der Waals surface area contributed by atoms with Gasteiger partial charge in [0.15, 0.2) is 0 Å². The van der Waals surface area contributed by atoms with Crippen molar-refractivity contribution in [3.05, 3.63) is 28.2 Å². The fraction of sp³-hybridized carbons (Fsp3) is 0.533. The molecule has 0 saturated carbocycles. The highest BCUT2D eigenvalue weighted by Gasteiger charge is 2.35. The zero-order valence-electron chi connectivity index (χ0n) is 14.0. The molecule has 0 bridgehead atoms. The minimum absolute atomic E-state index is 0.0178. The van der Waals surface area contributed by atoms with E-state index in [4.69, 9.17) is 4.74 Å². The van der Waals surface area contributed by atoms with Crippen molar-refractivity contribution in [1.82, 2.24) is 9.62 Å². The van der Waals surface area contributed by atoms with Crippen LogP contribution in [0.5, 0.6) is 0 Å². The number of halogens is 3. The molecule has 25 heavy (non-hydrogen) atoms. The Morgan fingerprint density at radius 1 is 1.32 bits per heavy atom. The van der Waals surface area contributed by atoms with Gasteiger partial charge in [-0.3, -0.25) is 0 Å². The lowest BCUT2D eigenvalue weighted by Crippen LogP contribution is -2.41. The summed E-state index contributed by atoms with van der Waals surface area (Å²) in [7, 11) is -4.14. The quantitative estimate of drug-likeness (QED) is 0.732. The normalized spacial score (nSPS) is 19.0. The third-order valence-electron chi connectivity index (χ3n) is 3.46. The van der Waals surface area contributed by atoms with Crippen molar-refractivity contribution in [2.24, 2.45) is 0 Å². The first-order chi connectivity index (χ1) is 11.4. The molecule has 1 aromatic carbocycles. The van der Waals surface area contributed by atoms with Crippen molar-refractivity contribution in [1.29, 1.82) is 0 Å². The summed E-state index contributed by atoms with van der Waals surface area (Å²) in [5.41, 5.74) is -0.669. The number of nitrogens with one attached hydrogen (secondary N) is 1. The van der Waals surface area contributed by atoms with Crippen LogP contribution in [0.4, 0.5) is 13.6 Å². The monoisotopic (exact) mass is 440 g/mol. The van der Waals surface area contributed by atoms with Crippen molar-refractivity contribution in [2.75, 3.05) is 13.1 Å². The van der Waals surface area contributed by atoms with Crippen LogP contribution in [0.1, 0.15) is 27.2 Å². The highest BCUT2D eigenvalue weighted by atomic mass is 79.9. The van der Waals surface area contributed by atoms with Crippen molar-refractivity contribution in [3.8, 4) is 0 Å². The Morgan fingerprint density at radius 3 is 2.56 bits per heavy atom. The summed E-state index contributed by atoms with van der Waals surface area (Å²) in [6, 6.07) is 0.967. The van der Waals surface area contributed by atoms with Gasteiger partial charge in [0.25, 0.3) is 0 Å². The zero-order chi connectivity index (χ0) is 19.0. The molecule has 1 N–H and O–H groups in total. The van der Waals surface area contributed by atoms with Gasteiger partial charge in [0.1, 0.15) is 22.1 Å². The number of amides is 1. The van der Waals surface area contributed by atoms with E-state index in [1.54, 1.807) is 20.8 Å². The zero-order valence-corrected chi connectivity index (χ0v) is 16.4. The SMILES string of the molecule is CC(C)(C)OC(=O)N[C@@H]1CCN(S(=O)(=O)c2cc(Br)c(F)cc2F)C1. The van der Waals surface area contributed by atoms with Gasteiger partial charge in [-0.2, -0.15) is 4.31 Å². The molecular weight excluding hydrogens is 422 g/mol. The van der Waals surface area contributed by atoms with Crippen LogP contribution in [0.2, 0.25) is 0 Å². The third kappa shape index (κ3) is 4.89. The Kier molecular flexibility index (Phi) is 5.75. The second-order valence-electron chi connectivity index (χ2n) is 6.69. The molecule has 1 aliphatic rings. The predicted molar refractivity (Wildman–Crippen MR) is 90.6 cm³/mol. The van der Waals surface area contributed by atoms with E-state index in [1.165, 1.54) is 0 Å². The summed E-state index contributed by atoms with van der Waals surface area (Å²) >= 11 is 2.86. The van der Waals surface area contributed by atoms with E-state index < -0.39 is 44.3 Å². The van der Waals surface area contributed by atoms with E-state index in [9.17, 15) is 22.0 Å². The van der Waals surface area contributed by atoms with Gasteiger partial charge >= 0.3 is 6.09 Å². The molecule has 10 heteroatoms. The molecule has 0 unspecified atom stereocenters. The molecule has 0 aromatic heterocycles. The number of alkyl carbamates (subject to hydrolysis) is 1. The summed E-state index contributed by atoms with van der Waals surface area (Å²) in [4.78, 5) is 11.2. The summed E-state index contributed by atoms with van der Waals surface area (Å²) in [6.45, 7) is 5.24. The van der Waals surface area contributed by atoms with Gasteiger partial charge in [0.2, 0.25) is 10.0 Å². The largest absolute Gasteiger partial charge is 0.444 e. The van der Waals surface area contributed by atoms with Crippen molar-refractivity contribution >= 4 is 32.0 Å². The molecular formula is C15H19BrF2N2O4S. The lowest BCUT2D eigenvalue weighted by molar-refractivity contribution is 0.0507. The predicted octanol–water partition coefficient (Wildman–Crippen LogP) is 3.02. The minimum Gasteiger partial charge on any atom is -0.444 e. The Hall–Kier alpha value is -1.26. The Balaban J connectivity index is 2.11. The summed E-state index contributed by atoms with van der Waals surface area (Å²) in [6.07, 6.45) is -0.282. The maximum absolute atomic E-state index is 13.9. The van der Waals surface area contributed by atoms with Gasteiger partial charge < -0.3 is 10.1 Å². The fourth-order valence-electron chi connectivity index (χ4n) is 2.38. The van der Waals surface area contributed by atoms with E-state index in [0.29, 0.717) is 12.5 Å². The van der Waals surface area contributed by atoms with E-state index in [-0.39, 0.29) is 17.6 Å². The van der Waals surface area contributed by atoms with Crippen LogP contribution >= 0.6 is 15.9 Å². The van der Waals surface area contributed by atoms with Gasteiger partial charge in [-0.25, -0.2) is 22.0 Å². The van der Waals surface area contributed by atoms with Crippen molar-refractivity contribution in [3.63, 3.8) is 0 Å². The minimum atomic E-state index is -4.14. The maximum Gasteiger partial charge on any atom is 0.407 e. The van der Waals surface area contributed by atoms with E-state index in [0.717, 1.165) is 10.4 Å². The average Bonchev–Trinajstić information content (AvgIpc) is 2.89. The van der Waals surface area contributed by atoms with Crippen LogP contribution in [0, 0.1) is 11.6 Å². The Bertz CT molecular complexity index is 780. The Labute approximate surface area is 153 Å². The van der Waals surface area contributed by atoms with Crippen LogP contribution in [0.15, 0.2) is 21.5 Å². The number of hydrogen-bond acceptors (Lipinski definition) is 4. The number of rotatable bonds is 3. The van der Waals surface area contributed by atoms with Gasteiger partial charge in [-0.1, -0.05) is 0 Å². The van der Waals surface area contributed by atoms with Crippen molar-refractivity contribution < 1.29 is 26.7 Å². The van der Waals surface area contributed by atoms with Gasteiger partial charge in [-0.15, -0.1) is 0 Å². The summed E-state index contributed by atoms with van der Waals surface area (Å²) in [5, 5.41) is 2.59. The van der Waals surface area contributed by atoms with Crippen LogP contribution in [-0.4, -0.2) is 43.5 Å². The molecule has 1 atom stereocenters. The van der Waals surface area contributed by atoms with Crippen LogP contribution in [0.3, 0.4) is 0 Å². The number of nitrogens with zero attached hydrogens (tertiary/aromatic N) is 1. The first kappa shape index (κ1) is 20.1. The van der Waals surface area contributed by atoms with E-state index in [1.807, 2.05) is 0 Å². The highest BCUT2D eigenvalue weighted by Crippen LogP contribution is 2.28. The number of hydrogen-bond donors (Lipinski definition) is 1. The van der Waals surface area contributed by atoms with Gasteiger partial charge in [0.05, 0.1) is 4.47 Å². The first-order valence-corrected chi connectivity index (χ1v) is 9.77. The summed E-state index contributed by atoms with van der Waals surface area (Å²) in [5.74, 6) is -2.05. The molecule has 140 valence electrons. The molecule has 6 nitrogen and oxygen atoms in total. The fourth-order valence-corrected chi connectivity index (χ4v) is 4.45. The number of carbonyl (C=O) groups excluding carboxylic acids is 1. The molecule has 1 fully saturated rings. The molecule has 1 aromatic rings. The summed E-state index contributed by atoms with van der Waals surface area (Å²) < 4.78 is 58.4. The molecule has 1 amide bonds. The van der Waals surface area contributed by atoms with Crippen LogP contribution < -0.4 is 5.32 Å². The van der Waals surface area contributed by atoms with Crippen molar-refractivity contribution in [2.45, 2.75) is 43.7 Å². The second kappa shape index (κ2) is 7.16. The van der Waals surface area contributed by atoms with E-state index in [2.05, 4.69) is 21.2 Å². The number of ether oxygens (including phenoxy) is 1. The molecule has 2 rings (SSSR count). The standard InChI is InChI=1S/C15H19BrF2N2O4S/c1-15(2,3)24-14(21)19-9-4-5-20(8-9)25(22,23)13-6-10(16)11(17)7-12(13)18/h6-7,9H,4-5,8H2,1-3H3,(H,19,21)/t9-/m1/s1. The van der Waals surface area contributed by atoms with Gasteiger partial charge in [-0.05, 0) is 49.2 Å². The maximum atomic E-state index is 13.9. The van der Waals surface area contributed by atoms with Crippen LogP contribution in [-0.2, 0) is 14.8 Å². The third-order valence-corrected chi connectivity index (χ3v) is 5.95. The Morgan fingerprint density at radius 2 is 1.96 bits per heavy atom. The van der Waals surface area contributed by atoms with Crippen LogP contribution in [0.25, 0.3) is 0 Å². The van der Waals surface area contributed by atoms with E-state index >= 15 is 0 Å². The smallest absolute Gasteiger partial charge is 0.407 e. The molecule has 0 radical (unpaired) electrons. The lowest BCUT2D eigenvalue weighted by atomic mass is 10.2. The first-order valence-electron chi connectivity index (χ1n) is 7.54. The second-order valence-corrected chi connectivity index (χ2v) is 9.45. The average molecular weight is 441 g/mol. The topological polar surface area (TPSA) is 75.7 Å². The molecule has 1 heterocycles. The molecule has 0 spiro atoms.